The first-order chi connectivity index (χ1) is 8.93. The highest BCUT2D eigenvalue weighted by Gasteiger charge is 2.27. The summed E-state index contributed by atoms with van der Waals surface area (Å²) in [6.07, 6.45) is 3.66. The highest BCUT2D eigenvalue weighted by Crippen LogP contribution is 2.23. The summed E-state index contributed by atoms with van der Waals surface area (Å²) in [5, 5.41) is 0. The number of hydrogen-bond donors (Lipinski definition) is 0. The van der Waals surface area contributed by atoms with Gasteiger partial charge in [-0.25, -0.2) is 8.42 Å². The van der Waals surface area contributed by atoms with Crippen LogP contribution in [0.3, 0.4) is 0 Å². The van der Waals surface area contributed by atoms with E-state index in [2.05, 4.69) is 0 Å². The summed E-state index contributed by atoms with van der Waals surface area (Å²) < 4.78 is 25.9. The molecule has 0 atom stereocenters. The summed E-state index contributed by atoms with van der Waals surface area (Å²) in [7, 11) is -2.21. The van der Waals surface area contributed by atoms with Crippen LogP contribution in [0, 0.1) is 6.92 Å². The Morgan fingerprint density at radius 2 is 1.79 bits per heavy atom. The van der Waals surface area contributed by atoms with Crippen molar-refractivity contribution in [3.05, 3.63) is 41.6 Å². The lowest BCUT2D eigenvalue weighted by Gasteiger charge is -2.23. The zero-order valence-electron chi connectivity index (χ0n) is 11.1. The number of ketones is 1. The molecular formula is C14H17NO3S. The summed E-state index contributed by atoms with van der Waals surface area (Å²) in [6, 6.07) is 6.62. The number of aryl methyl sites for hydroxylation is 1. The lowest BCUT2D eigenvalue weighted by molar-refractivity contribution is -0.116. The minimum Gasteiger partial charge on any atom is -0.293 e. The van der Waals surface area contributed by atoms with Crippen molar-refractivity contribution in [3.63, 3.8) is 0 Å². The maximum atomic E-state index is 12.4. The first-order valence-electron chi connectivity index (χ1n) is 6.22. The number of allylic oxidation sites excluding steroid dienone is 2. The maximum Gasteiger partial charge on any atom is 0.264 e. The van der Waals surface area contributed by atoms with Gasteiger partial charge in [0.25, 0.3) is 10.0 Å². The zero-order valence-corrected chi connectivity index (χ0v) is 11.9. The Labute approximate surface area is 113 Å². The van der Waals surface area contributed by atoms with Gasteiger partial charge in [0.15, 0.2) is 5.78 Å². The Bertz CT molecular complexity index is 615. The van der Waals surface area contributed by atoms with Crippen LogP contribution in [0.2, 0.25) is 0 Å². The molecule has 5 heteroatoms. The van der Waals surface area contributed by atoms with Gasteiger partial charge in [-0.1, -0.05) is 23.8 Å². The van der Waals surface area contributed by atoms with Crippen molar-refractivity contribution in [3.8, 4) is 0 Å². The van der Waals surface area contributed by atoms with E-state index >= 15 is 0 Å². The van der Waals surface area contributed by atoms with Crippen molar-refractivity contribution in [1.29, 1.82) is 0 Å². The molecule has 1 aromatic carbocycles. The summed E-state index contributed by atoms with van der Waals surface area (Å²) in [5.41, 5.74) is 1.28. The van der Waals surface area contributed by atoms with Crippen molar-refractivity contribution in [2.75, 3.05) is 7.05 Å². The molecule has 0 aliphatic heterocycles. The van der Waals surface area contributed by atoms with Gasteiger partial charge in [0.1, 0.15) is 0 Å². The molecule has 0 saturated carbocycles. The van der Waals surface area contributed by atoms with Crippen LogP contribution >= 0.6 is 0 Å². The Hall–Kier alpha value is -1.62. The number of benzene rings is 1. The molecule has 0 radical (unpaired) electrons. The molecule has 0 spiro atoms. The van der Waals surface area contributed by atoms with Crippen LogP contribution < -0.4 is 0 Å². The van der Waals surface area contributed by atoms with Gasteiger partial charge in [0.2, 0.25) is 0 Å². The third kappa shape index (κ3) is 2.71. The molecule has 2 rings (SSSR count). The van der Waals surface area contributed by atoms with Crippen LogP contribution in [0.25, 0.3) is 0 Å². The second-order valence-corrected chi connectivity index (χ2v) is 6.66. The highest BCUT2D eigenvalue weighted by molar-refractivity contribution is 7.89. The van der Waals surface area contributed by atoms with Crippen molar-refractivity contribution in [2.24, 2.45) is 0 Å². The number of hydrogen-bond acceptors (Lipinski definition) is 3. The van der Waals surface area contributed by atoms with E-state index in [9.17, 15) is 13.2 Å². The molecular weight excluding hydrogens is 262 g/mol. The fourth-order valence-corrected chi connectivity index (χ4v) is 3.28. The average molecular weight is 279 g/mol. The molecule has 0 heterocycles. The SMILES string of the molecule is Cc1ccc(S(=O)(=O)N(C)C2=CCCCC2=O)cc1. The topological polar surface area (TPSA) is 54.5 Å². The van der Waals surface area contributed by atoms with Gasteiger partial charge in [-0.15, -0.1) is 0 Å². The van der Waals surface area contributed by atoms with Gasteiger partial charge in [0, 0.05) is 13.5 Å². The number of nitrogens with zero attached hydrogens (tertiary/aromatic N) is 1. The molecule has 0 fully saturated rings. The van der Waals surface area contributed by atoms with Crippen LogP contribution in [-0.2, 0) is 14.8 Å². The van der Waals surface area contributed by atoms with Gasteiger partial charge in [0.05, 0.1) is 10.6 Å². The minimum atomic E-state index is -3.64. The monoisotopic (exact) mass is 279 g/mol. The molecule has 4 nitrogen and oxygen atoms in total. The van der Waals surface area contributed by atoms with Crippen molar-refractivity contribution < 1.29 is 13.2 Å². The molecule has 0 N–H and O–H groups in total. The number of carbonyl (C=O) groups excluding carboxylic acids is 1. The van der Waals surface area contributed by atoms with Crippen LogP contribution in [0.4, 0.5) is 0 Å². The van der Waals surface area contributed by atoms with Gasteiger partial charge < -0.3 is 0 Å². The second kappa shape index (κ2) is 5.17. The second-order valence-electron chi connectivity index (χ2n) is 4.69. The van der Waals surface area contributed by atoms with E-state index in [0.29, 0.717) is 6.42 Å². The van der Waals surface area contributed by atoms with Crippen molar-refractivity contribution >= 4 is 15.8 Å². The van der Waals surface area contributed by atoms with Gasteiger partial charge in [-0.3, -0.25) is 9.10 Å². The molecule has 1 aliphatic carbocycles. The standard InChI is InChI=1S/C14H17NO3S/c1-11-7-9-12(10-8-11)19(17,18)15(2)13-5-3-4-6-14(13)16/h5,7-10H,3-4,6H2,1-2H3. The Morgan fingerprint density at radius 1 is 1.16 bits per heavy atom. The minimum absolute atomic E-state index is 0.107. The third-order valence-electron chi connectivity index (χ3n) is 3.25. The summed E-state index contributed by atoms with van der Waals surface area (Å²) in [6.45, 7) is 1.90. The van der Waals surface area contributed by atoms with Gasteiger partial charge in [-0.05, 0) is 31.9 Å². The van der Waals surface area contributed by atoms with Crippen LogP contribution in [-0.4, -0.2) is 25.6 Å². The quantitative estimate of drug-likeness (QED) is 0.852. The molecule has 1 aliphatic rings. The highest BCUT2D eigenvalue weighted by atomic mass is 32.2. The predicted octanol–water partition coefficient (Wildman–Crippen LogP) is 2.25. The first-order valence-corrected chi connectivity index (χ1v) is 7.66. The predicted molar refractivity (Wildman–Crippen MR) is 73.1 cm³/mol. The number of sulfonamides is 1. The Morgan fingerprint density at radius 3 is 2.37 bits per heavy atom. The molecule has 0 amide bonds. The van der Waals surface area contributed by atoms with E-state index in [1.807, 2.05) is 6.92 Å². The molecule has 0 saturated heterocycles. The van der Waals surface area contributed by atoms with E-state index in [-0.39, 0.29) is 16.4 Å². The fraction of sp³-hybridized carbons (Fsp3) is 0.357. The summed E-state index contributed by atoms with van der Waals surface area (Å²) in [5.74, 6) is -0.107. The number of rotatable bonds is 3. The normalized spacial score (nSPS) is 16.1. The van der Waals surface area contributed by atoms with E-state index in [1.165, 1.54) is 7.05 Å². The average Bonchev–Trinajstić information content (AvgIpc) is 2.39. The van der Waals surface area contributed by atoms with Crippen LogP contribution in [0.5, 0.6) is 0 Å². The maximum absolute atomic E-state index is 12.4. The number of carbonyl (C=O) groups is 1. The van der Waals surface area contributed by atoms with E-state index in [0.717, 1.165) is 22.7 Å². The summed E-state index contributed by atoms with van der Waals surface area (Å²) >= 11 is 0. The van der Waals surface area contributed by atoms with Gasteiger partial charge in [-0.2, -0.15) is 0 Å². The first kappa shape index (κ1) is 13.8. The third-order valence-corrected chi connectivity index (χ3v) is 5.04. The summed E-state index contributed by atoms with van der Waals surface area (Å²) in [4.78, 5) is 12.0. The zero-order chi connectivity index (χ0) is 14.0. The van der Waals surface area contributed by atoms with Crippen molar-refractivity contribution in [1.82, 2.24) is 4.31 Å². The van der Waals surface area contributed by atoms with Crippen LogP contribution in [0.1, 0.15) is 24.8 Å². The Kier molecular flexibility index (Phi) is 3.75. The largest absolute Gasteiger partial charge is 0.293 e. The lowest BCUT2D eigenvalue weighted by Crippen LogP contribution is -2.31. The van der Waals surface area contributed by atoms with Crippen LogP contribution in [0.15, 0.2) is 40.9 Å². The number of likely N-dealkylation sites (N-methyl/N-ethyl adjacent to an activating group) is 1. The molecule has 0 aromatic heterocycles. The Balaban J connectivity index is 2.36. The lowest BCUT2D eigenvalue weighted by atomic mass is 10.0. The molecule has 102 valence electrons. The van der Waals surface area contributed by atoms with Crippen molar-refractivity contribution in [2.45, 2.75) is 31.1 Å². The molecule has 19 heavy (non-hydrogen) atoms. The fourth-order valence-electron chi connectivity index (χ4n) is 2.05. The van der Waals surface area contributed by atoms with E-state index in [1.54, 1.807) is 30.3 Å². The molecule has 0 bridgehead atoms. The molecule has 0 unspecified atom stereocenters. The van der Waals surface area contributed by atoms with E-state index < -0.39 is 10.0 Å². The van der Waals surface area contributed by atoms with E-state index in [4.69, 9.17) is 0 Å². The molecule has 1 aromatic rings. The number of Topliss-reactive ketones (excluding diaryl/α,β-unsaturated/α-hetero) is 1. The smallest absolute Gasteiger partial charge is 0.264 e. The van der Waals surface area contributed by atoms with Gasteiger partial charge >= 0.3 is 0 Å².